The van der Waals surface area contributed by atoms with Crippen LogP contribution in [-0.4, -0.2) is 63.6 Å². The van der Waals surface area contributed by atoms with Crippen LogP contribution < -0.4 is 0 Å². The first-order valence-corrected chi connectivity index (χ1v) is 13.1. The van der Waals surface area contributed by atoms with Crippen LogP contribution in [0.4, 0.5) is 4.39 Å². The highest BCUT2D eigenvalue weighted by molar-refractivity contribution is 7.57. The number of halogens is 1. The molecule has 0 N–H and O–H groups in total. The van der Waals surface area contributed by atoms with Crippen molar-refractivity contribution < 1.29 is 18.5 Å². The molecule has 1 aliphatic carbocycles. The molecule has 176 valence electrons. The lowest BCUT2D eigenvalue weighted by molar-refractivity contribution is -0.142. The van der Waals surface area contributed by atoms with Crippen molar-refractivity contribution in [2.45, 2.75) is 89.6 Å². The maximum Gasteiger partial charge on any atom is 0.333 e. The molecule has 2 aliphatic heterocycles. The molecule has 0 amide bonds. The zero-order valence-corrected chi connectivity index (χ0v) is 20.4. The molecule has 1 aromatic rings. The second-order valence-corrected chi connectivity index (χ2v) is 11.9. The van der Waals surface area contributed by atoms with Crippen molar-refractivity contribution in [2.75, 3.05) is 7.11 Å². The summed E-state index contributed by atoms with van der Waals surface area (Å²) in [7, 11) is -2.00. The lowest BCUT2D eigenvalue weighted by Gasteiger charge is -2.43. The van der Waals surface area contributed by atoms with Gasteiger partial charge in [0.25, 0.3) is 0 Å². The second-order valence-electron chi connectivity index (χ2n) is 9.49. The first-order chi connectivity index (χ1) is 15.2. The van der Waals surface area contributed by atoms with Crippen LogP contribution in [0.15, 0.2) is 29.3 Å². The first kappa shape index (κ1) is 23.4. The van der Waals surface area contributed by atoms with E-state index >= 15 is 4.57 Å². The molecule has 3 aliphatic rings. The summed E-state index contributed by atoms with van der Waals surface area (Å²) in [5.41, 5.74) is 0.691. The molecular weight excluding hydrogens is 430 g/mol. The number of carbonyl (C=O) groups is 1. The normalized spacial score (nSPS) is 30.3. The Morgan fingerprint density at radius 2 is 1.59 bits per heavy atom. The highest BCUT2D eigenvalue weighted by atomic mass is 31.2. The van der Waals surface area contributed by atoms with Crippen LogP contribution in [0.1, 0.15) is 65.0 Å². The summed E-state index contributed by atoms with van der Waals surface area (Å²) in [6.45, 7) is 8.33. The van der Waals surface area contributed by atoms with E-state index in [1.165, 1.54) is 19.2 Å². The van der Waals surface area contributed by atoms with Gasteiger partial charge in [0.15, 0.2) is 6.04 Å². The molecule has 1 aromatic carbocycles. The Bertz CT molecular complexity index is 894. The second kappa shape index (κ2) is 8.88. The summed E-state index contributed by atoms with van der Waals surface area (Å²) in [5, 5.41) is 0. The third kappa shape index (κ3) is 3.61. The Hall–Kier alpha value is -1.76. The van der Waals surface area contributed by atoms with Crippen LogP contribution in [0.25, 0.3) is 0 Å². The van der Waals surface area contributed by atoms with Crippen molar-refractivity contribution in [2.24, 2.45) is 4.99 Å². The lowest BCUT2D eigenvalue weighted by Crippen LogP contribution is -2.43. The quantitative estimate of drug-likeness (QED) is 0.469. The van der Waals surface area contributed by atoms with Gasteiger partial charge in [-0.25, -0.2) is 18.5 Å². The Labute approximate surface area is 190 Å². The van der Waals surface area contributed by atoms with Crippen molar-refractivity contribution >= 4 is 19.9 Å². The van der Waals surface area contributed by atoms with Gasteiger partial charge in [0.05, 0.1) is 19.5 Å². The Kier molecular flexibility index (Phi) is 6.49. The highest BCUT2D eigenvalue weighted by Crippen LogP contribution is 2.69. The van der Waals surface area contributed by atoms with Crippen LogP contribution in [0.2, 0.25) is 0 Å². The minimum atomic E-state index is -3.33. The predicted molar refractivity (Wildman–Crippen MR) is 123 cm³/mol. The summed E-state index contributed by atoms with van der Waals surface area (Å²) >= 11 is 0. The van der Waals surface area contributed by atoms with Gasteiger partial charge in [-0.05, 0) is 58.2 Å². The molecule has 0 radical (unpaired) electrons. The Morgan fingerprint density at radius 1 is 1.06 bits per heavy atom. The molecule has 9 heteroatoms. The molecule has 7 nitrogen and oxygen atoms in total. The number of benzene rings is 1. The average molecular weight is 465 g/mol. The van der Waals surface area contributed by atoms with Crippen LogP contribution in [0, 0.1) is 5.82 Å². The number of ether oxygens (including phenoxy) is 1. The van der Waals surface area contributed by atoms with Gasteiger partial charge in [0, 0.05) is 24.2 Å². The fourth-order valence-electron chi connectivity index (χ4n) is 5.79. The third-order valence-electron chi connectivity index (χ3n) is 6.92. The van der Waals surface area contributed by atoms with E-state index in [2.05, 4.69) is 42.0 Å². The number of methoxy groups -OCH3 is 1. The molecule has 1 saturated carbocycles. The minimum absolute atomic E-state index is 0.0506. The van der Waals surface area contributed by atoms with Crippen molar-refractivity contribution in [1.29, 1.82) is 0 Å². The highest BCUT2D eigenvalue weighted by Gasteiger charge is 2.62. The maximum absolute atomic E-state index is 15.3. The molecule has 0 spiro atoms. The summed E-state index contributed by atoms with van der Waals surface area (Å²) in [5.74, 6) is -0.853. The predicted octanol–water partition coefficient (Wildman–Crippen LogP) is 4.61. The number of rotatable bonds is 5. The number of aliphatic imine (C=N–C) groups is 1. The summed E-state index contributed by atoms with van der Waals surface area (Å²) in [6, 6.07) is 5.02. The summed E-state index contributed by atoms with van der Waals surface area (Å²) in [6.07, 6.45) is 5.82. The van der Waals surface area contributed by atoms with E-state index in [1.807, 2.05) is 0 Å². The minimum Gasteiger partial charge on any atom is -0.467 e. The number of hydrogen-bond acceptors (Lipinski definition) is 4. The Balaban J connectivity index is 1.86. The smallest absolute Gasteiger partial charge is 0.333 e. The van der Waals surface area contributed by atoms with E-state index in [-0.39, 0.29) is 30.0 Å². The monoisotopic (exact) mass is 464 g/mol. The van der Waals surface area contributed by atoms with Crippen LogP contribution in [0.5, 0.6) is 0 Å². The fourth-order valence-corrected chi connectivity index (χ4v) is 9.80. The van der Waals surface area contributed by atoms with Gasteiger partial charge in [0.2, 0.25) is 0 Å². The van der Waals surface area contributed by atoms with Crippen LogP contribution in [-0.2, 0) is 14.1 Å². The van der Waals surface area contributed by atoms with E-state index in [0.29, 0.717) is 5.56 Å². The summed E-state index contributed by atoms with van der Waals surface area (Å²) < 4.78 is 40.2. The molecule has 0 bridgehead atoms. The van der Waals surface area contributed by atoms with Gasteiger partial charge < -0.3 is 4.74 Å². The lowest BCUT2D eigenvalue weighted by atomic mass is 9.89. The molecule has 4 atom stereocenters. The number of hydrogen-bond donors (Lipinski definition) is 0. The van der Waals surface area contributed by atoms with Gasteiger partial charge in [-0.1, -0.05) is 25.0 Å². The molecule has 2 heterocycles. The average Bonchev–Trinajstić information content (AvgIpc) is 3.31. The van der Waals surface area contributed by atoms with Crippen molar-refractivity contribution in [3.8, 4) is 0 Å². The van der Waals surface area contributed by atoms with E-state index in [9.17, 15) is 9.18 Å². The first-order valence-electron chi connectivity index (χ1n) is 11.5. The van der Waals surface area contributed by atoms with E-state index < -0.39 is 25.6 Å². The molecule has 1 saturated heterocycles. The SMILES string of the molecule is COC(=O)[C@@H]1N=CN(P2(=O)N(C(C)C)[C@@H]3CCCC[C@H]3N2C(C)C)[C@H]1c1ccc(F)cc1. The maximum atomic E-state index is 15.3. The van der Waals surface area contributed by atoms with Gasteiger partial charge >= 0.3 is 13.6 Å². The zero-order chi connectivity index (χ0) is 23.2. The Morgan fingerprint density at radius 3 is 2.06 bits per heavy atom. The molecule has 32 heavy (non-hydrogen) atoms. The zero-order valence-electron chi connectivity index (χ0n) is 19.5. The number of nitrogens with zero attached hydrogens (tertiary/aromatic N) is 4. The van der Waals surface area contributed by atoms with E-state index in [4.69, 9.17) is 4.74 Å². The molecule has 0 unspecified atom stereocenters. The fraction of sp³-hybridized carbons (Fsp3) is 0.652. The topological polar surface area (TPSA) is 65.5 Å². The summed E-state index contributed by atoms with van der Waals surface area (Å²) in [4.78, 5) is 17.1. The van der Waals surface area contributed by atoms with Crippen molar-refractivity contribution in [3.05, 3.63) is 35.6 Å². The van der Waals surface area contributed by atoms with Crippen molar-refractivity contribution in [3.63, 3.8) is 0 Å². The van der Waals surface area contributed by atoms with Crippen molar-refractivity contribution in [1.82, 2.24) is 14.0 Å². The number of esters is 1. The van der Waals surface area contributed by atoms with Gasteiger partial charge in [-0.3, -0.25) is 14.2 Å². The van der Waals surface area contributed by atoms with Gasteiger partial charge in [0.1, 0.15) is 5.82 Å². The molecule has 2 fully saturated rings. The number of fused-ring (bicyclic) bond motifs is 1. The van der Waals surface area contributed by atoms with Crippen LogP contribution in [0.3, 0.4) is 0 Å². The molecule has 4 rings (SSSR count). The largest absolute Gasteiger partial charge is 0.467 e. The number of carbonyl (C=O) groups excluding carboxylic acids is 1. The van der Waals surface area contributed by atoms with Crippen LogP contribution >= 0.6 is 7.59 Å². The third-order valence-corrected chi connectivity index (χ3v) is 10.6. The van der Waals surface area contributed by atoms with Gasteiger partial charge in [-0.2, -0.15) is 0 Å². The molecule has 0 aromatic heterocycles. The van der Waals surface area contributed by atoms with Gasteiger partial charge in [-0.15, -0.1) is 0 Å². The molecular formula is C23H34FN4O3P. The van der Waals surface area contributed by atoms with E-state index in [0.717, 1.165) is 25.7 Å². The van der Waals surface area contributed by atoms with E-state index in [1.54, 1.807) is 23.1 Å². The standard InChI is InChI=1S/C23H34FN4O3P/c1-15(2)27-19-8-6-7-9-20(19)28(16(3)4)32(27,30)26-14-25-21(23(29)31-5)22(26)17-10-12-18(24)13-11-17/h10-16,19-22H,6-9H2,1-5H3/t19-,20-,21-,22+/m1/s1.